The topological polar surface area (TPSA) is 90.5 Å². The quantitative estimate of drug-likeness (QED) is 0.527. The molecule has 140 valence electrons. The summed E-state index contributed by atoms with van der Waals surface area (Å²) < 4.78 is 0. The summed E-state index contributed by atoms with van der Waals surface area (Å²) in [6.07, 6.45) is 0. The van der Waals surface area contributed by atoms with Gasteiger partial charge in [0.2, 0.25) is 5.91 Å². The number of amides is 4. The molecule has 3 N–H and O–H groups in total. The van der Waals surface area contributed by atoms with E-state index in [1.165, 1.54) is 11.8 Å². The van der Waals surface area contributed by atoms with Gasteiger partial charge < -0.3 is 5.32 Å². The Hall–Kier alpha value is -2.71. The number of rotatable bonds is 5. The second kappa shape index (κ2) is 8.79. The summed E-state index contributed by atoms with van der Waals surface area (Å²) in [5.41, 5.74) is 5.74. The zero-order chi connectivity index (χ0) is 19.2. The molecule has 1 heterocycles. The van der Waals surface area contributed by atoms with Crippen LogP contribution in [0.1, 0.15) is 10.4 Å². The lowest BCUT2D eigenvalue weighted by Gasteiger charge is -2.15. The molecule has 0 atom stereocenters. The highest BCUT2D eigenvalue weighted by molar-refractivity contribution is 8.00. The Morgan fingerprint density at radius 3 is 2.63 bits per heavy atom. The van der Waals surface area contributed by atoms with Crippen LogP contribution in [-0.4, -0.2) is 36.7 Å². The molecule has 1 aliphatic rings. The molecule has 0 unspecified atom stereocenters. The van der Waals surface area contributed by atoms with Gasteiger partial charge in [-0.3, -0.25) is 25.3 Å². The third-order valence-electron chi connectivity index (χ3n) is 3.78. The molecule has 27 heavy (non-hydrogen) atoms. The summed E-state index contributed by atoms with van der Waals surface area (Å²) in [6.45, 7) is 1.11. The van der Waals surface area contributed by atoms with Gasteiger partial charge in [-0.25, -0.2) is 4.79 Å². The maximum absolute atomic E-state index is 12.2. The van der Waals surface area contributed by atoms with Gasteiger partial charge in [-0.1, -0.05) is 17.7 Å². The number of carbonyl (C=O) groups is 3. The van der Waals surface area contributed by atoms with E-state index in [0.717, 1.165) is 4.90 Å². The fourth-order valence-corrected chi connectivity index (χ4v) is 3.27. The summed E-state index contributed by atoms with van der Waals surface area (Å²) in [6, 6.07) is 13.6. The van der Waals surface area contributed by atoms with Gasteiger partial charge in [0.1, 0.15) is 0 Å². The van der Waals surface area contributed by atoms with E-state index in [9.17, 15) is 14.4 Å². The average molecular weight is 405 g/mol. The first-order valence-electron chi connectivity index (χ1n) is 8.16. The van der Waals surface area contributed by atoms with Gasteiger partial charge in [-0.15, -0.1) is 11.8 Å². The Labute approximate surface area is 165 Å². The van der Waals surface area contributed by atoms with E-state index in [2.05, 4.69) is 16.2 Å². The molecule has 4 amide bonds. The molecular weight excluding hydrogens is 388 g/mol. The zero-order valence-electron chi connectivity index (χ0n) is 14.2. The van der Waals surface area contributed by atoms with Crippen LogP contribution in [0.3, 0.4) is 0 Å². The number of anilines is 1. The fourth-order valence-electron chi connectivity index (χ4n) is 2.45. The first-order chi connectivity index (χ1) is 13.0. The second-order valence-electron chi connectivity index (χ2n) is 5.68. The molecule has 0 saturated carbocycles. The Balaban J connectivity index is 1.50. The molecule has 0 bridgehead atoms. The van der Waals surface area contributed by atoms with E-state index in [0.29, 0.717) is 29.4 Å². The maximum Gasteiger partial charge on any atom is 0.321 e. The van der Waals surface area contributed by atoms with Gasteiger partial charge in [-0.2, -0.15) is 0 Å². The largest absolute Gasteiger partial charge is 0.336 e. The fraction of sp³-hybridized carbons (Fsp3) is 0.167. The Kier molecular flexibility index (Phi) is 6.20. The number of hydrogen-bond acceptors (Lipinski definition) is 4. The lowest BCUT2D eigenvalue weighted by atomic mass is 10.2. The van der Waals surface area contributed by atoms with Crippen LogP contribution in [0.25, 0.3) is 0 Å². The lowest BCUT2D eigenvalue weighted by Crippen LogP contribution is -2.42. The van der Waals surface area contributed by atoms with Gasteiger partial charge in [0, 0.05) is 34.3 Å². The summed E-state index contributed by atoms with van der Waals surface area (Å²) in [7, 11) is 0. The van der Waals surface area contributed by atoms with Crippen LogP contribution in [-0.2, 0) is 4.79 Å². The number of benzene rings is 2. The number of hydrogen-bond donors (Lipinski definition) is 3. The van der Waals surface area contributed by atoms with Crippen molar-refractivity contribution in [2.45, 2.75) is 4.90 Å². The van der Waals surface area contributed by atoms with E-state index < -0.39 is 5.91 Å². The van der Waals surface area contributed by atoms with Crippen LogP contribution >= 0.6 is 23.4 Å². The molecule has 0 aliphatic carbocycles. The van der Waals surface area contributed by atoms with Gasteiger partial charge in [0.15, 0.2) is 0 Å². The molecule has 1 aliphatic heterocycles. The van der Waals surface area contributed by atoms with Crippen molar-refractivity contribution in [2.75, 3.05) is 23.7 Å². The highest BCUT2D eigenvalue weighted by atomic mass is 35.5. The number of nitrogens with one attached hydrogen (secondary N) is 3. The van der Waals surface area contributed by atoms with Crippen molar-refractivity contribution in [3.05, 3.63) is 59.1 Å². The number of nitrogens with zero attached hydrogens (tertiary/aromatic N) is 1. The number of thioether (sulfide) groups is 1. The van der Waals surface area contributed by atoms with Crippen molar-refractivity contribution >= 4 is 46.9 Å². The summed E-state index contributed by atoms with van der Waals surface area (Å²) >= 11 is 7.15. The van der Waals surface area contributed by atoms with Crippen LogP contribution in [0.15, 0.2) is 53.4 Å². The first-order valence-corrected chi connectivity index (χ1v) is 9.52. The zero-order valence-corrected chi connectivity index (χ0v) is 15.8. The van der Waals surface area contributed by atoms with E-state index in [1.54, 1.807) is 41.3 Å². The first kappa shape index (κ1) is 19.1. The normalized spacial score (nSPS) is 13.2. The lowest BCUT2D eigenvalue weighted by molar-refractivity contribution is -0.119. The van der Waals surface area contributed by atoms with Gasteiger partial charge in [0.05, 0.1) is 5.75 Å². The predicted molar refractivity (Wildman–Crippen MR) is 105 cm³/mol. The molecule has 9 heteroatoms. The number of urea groups is 1. The van der Waals surface area contributed by atoms with Crippen molar-refractivity contribution in [3.63, 3.8) is 0 Å². The molecule has 7 nitrogen and oxygen atoms in total. The minimum Gasteiger partial charge on any atom is -0.336 e. The van der Waals surface area contributed by atoms with Crippen molar-refractivity contribution in [1.29, 1.82) is 0 Å². The number of hydrazine groups is 1. The van der Waals surface area contributed by atoms with Crippen LogP contribution in [0.2, 0.25) is 5.02 Å². The molecule has 3 rings (SSSR count). The van der Waals surface area contributed by atoms with E-state index in [1.807, 2.05) is 12.1 Å². The van der Waals surface area contributed by atoms with Crippen molar-refractivity contribution in [1.82, 2.24) is 16.2 Å². The maximum atomic E-state index is 12.2. The molecule has 0 aromatic heterocycles. The molecule has 2 aromatic rings. The molecule has 0 spiro atoms. The van der Waals surface area contributed by atoms with E-state index in [4.69, 9.17) is 11.6 Å². The van der Waals surface area contributed by atoms with Crippen molar-refractivity contribution in [3.8, 4) is 0 Å². The molecule has 1 fully saturated rings. The summed E-state index contributed by atoms with van der Waals surface area (Å²) in [4.78, 5) is 38.3. The van der Waals surface area contributed by atoms with Crippen LogP contribution < -0.4 is 21.1 Å². The van der Waals surface area contributed by atoms with Crippen LogP contribution in [0.4, 0.5) is 10.5 Å². The van der Waals surface area contributed by atoms with Crippen LogP contribution in [0, 0.1) is 0 Å². The second-order valence-corrected chi connectivity index (χ2v) is 7.16. The SMILES string of the molecule is O=C(CSc1ccc(Cl)cc1)NNC(=O)c1cccc(N2CCNC2=O)c1. The van der Waals surface area contributed by atoms with Crippen molar-refractivity contribution in [2.24, 2.45) is 0 Å². The van der Waals surface area contributed by atoms with Gasteiger partial charge in [-0.05, 0) is 42.5 Å². The van der Waals surface area contributed by atoms with E-state index >= 15 is 0 Å². The summed E-state index contributed by atoms with van der Waals surface area (Å²) in [5, 5.41) is 3.34. The highest BCUT2D eigenvalue weighted by Gasteiger charge is 2.21. The Bertz CT molecular complexity index is 860. The third-order valence-corrected chi connectivity index (χ3v) is 5.04. The number of halogens is 1. The average Bonchev–Trinajstić information content (AvgIpc) is 3.11. The monoisotopic (exact) mass is 404 g/mol. The van der Waals surface area contributed by atoms with Gasteiger partial charge >= 0.3 is 6.03 Å². The molecular formula is C18H17ClN4O3S. The highest BCUT2D eigenvalue weighted by Crippen LogP contribution is 2.20. The smallest absolute Gasteiger partial charge is 0.321 e. The minimum absolute atomic E-state index is 0.149. The Morgan fingerprint density at radius 2 is 1.93 bits per heavy atom. The van der Waals surface area contributed by atoms with E-state index in [-0.39, 0.29) is 17.7 Å². The third kappa shape index (κ3) is 5.15. The standard InChI is InChI=1S/C18H17ClN4O3S/c19-13-4-6-15(7-5-13)27-11-16(24)21-22-17(25)12-2-1-3-14(10-12)23-9-8-20-18(23)26/h1-7,10H,8-9,11H2,(H,20,26)(H,21,24)(H,22,25). The minimum atomic E-state index is -0.457. The van der Waals surface area contributed by atoms with Gasteiger partial charge in [0.25, 0.3) is 5.91 Å². The van der Waals surface area contributed by atoms with Crippen molar-refractivity contribution < 1.29 is 14.4 Å². The Morgan fingerprint density at radius 1 is 1.15 bits per heavy atom. The molecule has 2 aromatic carbocycles. The molecule has 1 saturated heterocycles. The van der Waals surface area contributed by atoms with Crippen LogP contribution in [0.5, 0.6) is 0 Å². The number of carbonyl (C=O) groups excluding carboxylic acids is 3. The summed E-state index contributed by atoms with van der Waals surface area (Å²) in [5.74, 6) is -0.643. The molecule has 0 radical (unpaired) electrons. The predicted octanol–water partition coefficient (Wildman–Crippen LogP) is 2.42.